The van der Waals surface area contributed by atoms with Gasteiger partial charge < -0.3 is 4.74 Å². The van der Waals surface area contributed by atoms with E-state index in [9.17, 15) is 9.59 Å². The van der Waals surface area contributed by atoms with Crippen LogP contribution >= 0.6 is 11.3 Å². The fourth-order valence-electron chi connectivity index (χ4n) is 2.39. The Morgan fingerprint density at radius 1 is 1.26 bits per heavy atom. The number of fused-ring (bicyclic) bond motifs is 1. The summed E-state index contributed by atoms with van der Waals surface area (Å²) in [4.78, 5) is 30.6. The topological polar surface area (TPSA) is 61.2 Å². The second-order valence-corrected chi connectivity index (χ2v) is 6.35. The third kappa shape index (κ3) is 2.66. The number of esters is 1. The smallest absolute Gasteiger partial charge is 0.338 e. The van der Waals surface area contributed by atoms with Crippen LogP contribution in [0.25, 0.3) is 15.9 Å². The molecule has 0 amide bonds. The third-order valence-electron chi connectivity index (χ3n) is 3.75. The van der Waals surface area contributed by atoms with Crippen LogP contribution in [0.5, 0.6) is 0 Å². The van der Waals surface area contributed by atoms with Crippen molar-refractivity contribution in [2.24, 2.45) is 0 Å². The van der Waals surface area contributed by atoms with E-state index in [1.165, 1.54) is 22.2 Å². The van der Waals surface area contributed by atoms with Crippen LogP contribution in [0.15, 0.2) is 35.4 Å². The number of nitrogens with zero attached hydrogens (tertiary/aromatic N) is 2. The fourth-order valence-corrected chi connectivity index (χ4v) is 3.38. The number of aryl methyl sites for hydroxylation is 2. The number of thiophene rings is 1. The maximum absolute atomic E-state index is 12.7. The molecule has 23 heavy (non-hydrogen) atoms. The van der Waals surface area contributed by atoms with E-state index < -0.39 is 0 Å². The van der Waals surface area contributed by atoms with E-state index in [0.29, 0.717) is 23.2 Å². The molecule has 0 bridgehead atoms. The average molecular weight is 328 g/mol. The molecule has 0 spiro atoms. The van der Waals surface area contributed by atoms with Gasteiger partial charge in [0.05, 0.1) is 23.2 Å². The van der Waals surface area contributed by atoms with Crippen molar-refractivity contribution in [3.05, 3.63) is 57.0 Å². The first-order chi connectivity index (χ1) is 11.0. The van der Waals surface area contributed by atoms with E-state index in [4.69, 9.17) is 4.74 Å². The summed E-state index contributed by atoms with van der Waals surface area (Å²) in [7, 11) is 0. The average Bonchev–Trinajstić information content (AvgIpc) is 2.84. The molecule has 0 saturated heterocycles. The van der Waals surface area contributed by atoms with E-state index in [1.807, 2.05) is 13.8 Å². The van der Waals surface area contributed by atoms with Crippen LogP contribution in [0, 0.1) is 13.8 Å². The number of carbonyl (C=O) groups excluding carboxylic acids is 1. The molecule has 0 aliphatic carbocycles. The Bertz CT molecular complexity index is 939. The summed E-state index contributed by atoms with van der Waals surface area (Å²) in [6.07, 6.45) is 1.53. The Kier molecular flexibility index (Phi) is 4.00. The lowest BCUT2D eigenvalue weighted by atomic mass is 10.2. The van der Waals surface area contributed by atoms with Gasteiger partial charge in [0.1, 0.15) is 11.2 Å². The zero-order chi connectivity index (χ0) is 16.6. The molecule has 0 fully saturated rings. The Morgan fingerprint density at radius 2 is 1.96 bits per heavy atom. The van der Waals surface area contributed by atoms with Crippen molar-refractivity contribution in [1.82, 2.24) is 9.55 Å². The highest BCUT2D eigenvalue weighted by Crippen LogP contribution is 2.25. The van der Waals surface area contributed by atoms with Gasteiger partial charge in [-0.1, -0.05) is 0 Å². The fraction of sp³-hybridized carbons (Fsp3) is 0.235. The highest BCUT2D eigenvalue weighted by Gasteiger charge is 2.13. The molecule has 118 valence electrons. The molecule has 2 aromatic heterocycles. The first-order valence-electron chi connectivity index (χ1n) is 7.27. The zero-order valence-electron chi connectivity index (χ0n) is 13.1. The molecule has 0 aliphatic heterocycles. The van der Waals surface area contributed by atoms with Crippen LogP contribution < -0.4 is 5.56 Å². The minimum atomic E-state index is -0.371. The second kappa shape index (κ2) is 5.96. The molecule has 0 radical (unpaired) electrons. The van der Waals surface area contributed by atoms with Crippen LogP contribution in [-0.4, -0.2) is 22.1 Å². The molecule has 3 rings (SSSR count). The first-order valence-corrected chi connectivity index (χ1v) is 8.09. The first kappa shape index (κ1) is 15.4. The monoisotopic (exact) mass is 328 g/mol. The summed E-state index contributed by atoms with van der Waals surface area (Å²) in [5.41, 5.74) is 2.00. The van der Waals surface area contributed by atoms with Gasteiger partial charge in [0, 0.05) is 4.88 Å². The molecule has 0 aliphatic rings. The number of aromatic nitrogens is 2. The quantitative estimate of drug-likeness (QED) is 0.693. The van der Waals surface area contributed by atoms with Crippen molar-refractivity contribution >= 4 is 27.5 Å². The summed E-state index contributed by atoms with van der Waals surface area (Å²) in [6.45, 7) is 6.01. The molecule has 5 nitrogen and oxygen atoms in total. The Balaban J connectivity index is 2.07. The minimum Gasteiger partial charge on any atom is -0.462 e. The van der Waals surface area contributed by atoms with Crippen LogP contribution in [0.4, 0.5) is 0 Å². The molecule has 0 unspecified atom stereocenters. The Labute approximate surface area is 137 Å². The van der Waals surface area contributed by atoms with Crippen molar-refractivity contribution in [2.45, 2.75) is 20.8 Å². The van der Waals surface area contributed by atoms with Crippen LogP contribution in [-0.2, 0) is 4.74 Å². The largest absolute Gasteiger partial charge is 0.462 e. The molecule has 0 N–H and O–H groups in total. The molecule has 1 aromatic carbocycles. The van der Waals surface area contributed by atoms with Crippen LogP contribution in [0.2, 0.25) is 0 Å². The summed E-state index contributed by atoms with van der Waals surface area (Å²) in [5.74, 6) is -0.371. The molecule has 3 aromatic rings. The van der Waals surface area contributed by atoms with E-state index in [2.05, 4.69) is 4.98 Å². The third-order valence-corrected chi connectivity index (χ3v) is 4.86. The standard InChI is InChI=1S/C17H16N2O3S/c1-4-22-17(21)12-5-7-13(8-6-12)19-9-18-15-14(16(19)20)10(2)11(3)23-15/h5-9H,4H2,1-3H3. The molecule has 0 atom stereocenters. The Morgan fingerprint density at radius 3 is 2.61 bits per heavy atom. The van der Waals surface area contributed by atoms with Gasteiger partial charge in [-0.15, -0.1) is 11.3 Å². The lowest BCUT2D eigenvalue weighted by Gasteiger charge is -2.07. The lowest BCUT2D eigenvalue weighted by molar-refractivity contribution is 0.0526. The lowest BCUT2D eigenvalue weighted by Crippen LogP contribution is -2.18. The van der Waals surface area contributed by atoms with Crippen molar-refractivity contribution in [1.29, 1.82) is 0 Å². The van der Waals surface area contributed by atoms with Gasteiger partial charge >= 0.3 is 5.97 Å². The van der Waals surface area contributed by atoms with E-state index >= 15 is 0 Å². The number of hydrogen-bond acceptors (Lipinski definition) is 5. The van der Waals surface area contributed by atoms with Gasteiger partial charge in [0.25, 0.3) is 5.56 Å². The molecule has 0 saturated carbocycles. The van der Waals surface area contributed by atoms with Gasteiger partial charge in [-0.25, -0.2) is 9.78 Å². The van der Waals surface area contributed by atoms with Gasteiger partial charge in [-0.05, 0) is 50.6 Å². The van der Waals surface area contributed by atoms with E-state index in [1.54, 1.807) is 31.2 Å². The SMILES string of the molecule is CCOC(=O)c1ccc(-n2cnc3sc(C)c(C)c3c2=O)cc1. The highest BCUT2D eigenvalue weighted by molar-refractivity contribution is 7.18. The number of ether oxygens (including phenoxy) is 1. The van der Waals surface area contributed by atoms with E-state index in [0.717, 1.165) is 15.3 Å². The molecular weight excluding hydrogens is 312 g/mol. The maximum Gasteiger partial charge on any atom is 0.338 e. The van der Waals surface area contributed by atoms with Gasteiger partial charge in [0.2, 0.25) is 0 Å². The number of rotatable bonds is 3. The summed E-state index contributed by atoms with van der Waals surface area (Å²) < 4.78 is 6.45. The Hall–Kier alpha value is -2.47. The van der Waals surface area contributed by atoms with Crippen molar-refractivity contribution in [3.8, 4) is 5.69 Å². The van der Waals surface area contributed by atoms with Gasteiger partial charge in [-0.2, -0.15) is 0 Å². The number of hydrogen-bond donors (Lipinski definition) is 0. The van der Waals surface area contributed by atoms with Gasteiger partial charge in [0.15, 0.2) is 0 Å². The van der Waals surface area contributed by atoms with E-state index in [-0.39, 0.29) is 11.5 Å². The van der Waals surface area contributed by atoms with Crippen LogP contribution in [0.1, 0.15) is 27.7 Å². The highest BCUT2D eigenvalue weighted by atomic mass is 32.1. The summed E-state index contributed by atoms with van der Waals surface area (Å²) in [5, 5.41) is 0.657. The minimum absolute atomic E-state index is 0.0965. The number of carbonyl (C=O) groups is 1. The zero-order valence-corrected chi connectivity index (χ0v) is 13.9. The normalized spacial score (nSPS) is 10.9. The second-order valence-electron chi connectivity index (χ2n) is 5.15. The summed E-state index contributed by atoms with van der Waals surface area (Å²) in [6, 6.07) is 6.73. The molecular formula is C17H16N2O3S. The van der Waals surface area contributed by atoms with Crippen molar-refractivity contribution in [2.75, 3.05) is 6.61 Å². The molecule has 2 heterocycles. The van der Waals surface area contributed by atoms with Crippen molar-refractivity contribution < 1.29 is 9.53 Å². The van der Waals surface area contributed by atoms with Crippen LogP contribution in [0.3, 0.4) is 0 Å². The predicted molar refractivity (Wildman–Crippen MR) is 90.6 cm³/mol. The maximum atomic E-state index is 12.7. The van der Waals surface area contributed by atoms with Crippen molar-refractivity contribution in [3.63, 3.8) is 0 Å². The van der Waals surface area contributed by atoms with Gasteiger partial charge in [-0.3, -0.25) is 9.36 Å². The number of benzene rings is 1. The summed E-state index contributed by atoms with van der Waals surface area (Å²) >= 11 is 1.52. The predicted octanol–water partition coefficient (Wildman–Crippen LogP) is 3.24. The molecule has 6 heteroatoms.